The number of halogens is 1. The van der Waals surface area contributed by atoms with Crippen molar-refractivity contribution < 1.29 is 14.3 Å². The van der Waals surface area contributed by atoms with E-state index in [4.69, 9.17) is 0 Å². The van der Waals surface area contributed by atoms with Gasteiger partial charge in [-0.05, 0) is 43.3 Å². The van der Waals surface area contributed by atoms with Crippen molar-refractivity contribution in [3.8, 4) is 0 Å². The Morgan fingerprint density at radius 2 is 1.90 bits per heavy atom. The van der Waals surface area contributed by atoms with E-state index in [0.717, 1.165) is 4.90 Å². The van der Waals surface area contributed by atoms with E-state index in [0.29, 0.717) is 16.1 Å². The number of amides is 1. The number of hydrogen-bond donors (Lipinski definition) is 2. The molecule has 0 aliphatic carbocycles. The fourth-order valence-corrected chi connectivity index (χ4v) is 3.00. The summed E-state index contributed by atoms with van der Waals surface area (Å²) >= 11 is 1.37. The number of benzene rings is 2. The third-order valence-electron chi connectivity index (χ3n) is 2.83. The van der Waals surface area contributed by atoms with Crippen LogP contribution in [0.25, 0.3) is 0 Å². The monoisotopic (exact) mass is 305 g/mol. The van der Waals surface area contributed by atoms with Crippen LogP contribution >= 0.6 is 11.8 Å². The Bertz CT molecular complexity index is 641. The Morgan fingerprint density at radius 3 is 2.48 bits per heavy atom. The maximum Gasteiger partial charge on any atom is 0.221 e. The number of hydrogen-bond acceptors (Lipinski definition) is 3. The van der Waals surface area contributed by atoms with Gasteiger partial charge < -0.3 is 10.4 Å². The summed E-state index contributed by atoms with van der Waals surface area (Å²) in [5.74, 6) is -0.540. The van der Waals surface area contributed by atoms with Gasteiger partial charge in [-0.25, -0.2) is 4.39 Å². The van der Waals surface area contributed by atoms with E-state index in [9.17, 15) is 14.3 Å². The minimum atomic E-state index is -0.868. The molecule has 0 unspecified atom stereocenters. The lowest BCUT2D eigenvalue weighted by molar-refractivity contribution is -0.114. The first kappa shape index (κ1) is 15.5. The summed E-state index contributed by atoms with van der Waals surface area (Å²) in [4.78, 5) is 12.5. The zero-order chi connectivity index (χ0) is 15.4. The third-order valence-corrected chi connectivity index (χ3v) is 3.92. The number of carbonyl (C=O) groups excluding carboxylic acids is 1. The highest BCUT2D eigenvalue weighted by molar-refractivity contribution is 7.99. The molecule has 0 aromatic heterocycles. The Balaban J connectivity index is 2.22. The van der Waals surface area contributed by atoms with Gasteiger partial charge in [-0.3, -0.25) is 4.79 Å². The molecule has 0 aliphatic heterocycles. The molecule has 0 saturated heterocycles. The lowest BCUT2D eigenvalue weighted by Crippen LogP contribution is -2.05. The third kappa shape index (κ3) is 4.06. The van der Waals surface area contributed by atoms with Crippen molar-refractivity contribution in [3.63, 3.8) is 0 Å². The molecule has 2 N–H and O–H groups in total. The van der Waals surface area contributed by atoms with Crippen LogP contribution in [-0.2, 0) is 4.79 Å². The number of nitrogens with one attached hydrogen (secondary N) is 1. The quantitative estimate of drug-likeness (QED) is 0.898. The van der Waals surface area contributed by atoms with Crippen molar-refractivity contribution in [3.05, 3.63) is 53.8 Å². The van der Waals surface area contributed by atoms with Crippen molar-refractivity contribution in [1.29, 1.82) is 0 Å². The van der Waals surface area contributed by atoms with Crippen molar-refractivity contribution >= 4 is 23.4 Å². The summed E-state index contributed by atoms with van der Waals surface area (Å²) in [6.07, 6.45) is -0.868. The molecule has 0 bridgehead atoms. The van der Waals surface area contributed by atoms with E-state index in [1.807, 2.05) is 12.1 Å². The van der Waals surface area contributed by atoms with Crippen LogP contribution < -0.4 is 5.32 Å². The summed E-state index contributed by atoms with van der Waals surface area (Å²) in [7, 11) is 0. The van der Waals surface area contributed by atoms with Crippen LogP contribution in [0.3, 0.4) is 0 Å². The number of rotatable bonds is 4. The second kappa shape index (κ2) is 6.74. The lowest BCUT2D eigenvalue weighted by Gasteiger charge is -2.12. The number of aliphatic hydroxyl groups is 1. The van der Waals surface area contributed by atoms with Crippen LogP contribution in [0, 0.1) is 5.82 Å². The maximum atomic E-state index is 13.8. The molecule has 0 heterocycles. The molecule has 0 spiro atoms. The molecule has 0 saturated carbocycles. The minimum Gasteiger partial charge on any atom is -0.389 e. The van der Waals surface area contributed by atoms with Gasteiger partial charge in [0.25, 0.3) is 0 Å². The summed E-state index contributed by atoms with van der Waals surface area (Å²) in [6.45, 7) is 2.99. The average Bonchev–Trinajstić information content (AvgIpc) is 2.40. The van der Waals surface area contributed by atoms with Gasteiger partial charge in [-0.2, -0.15) is 0 Å². The Labute approximate surface area is 127 Å². The Kier molecular flexibility index (Phi) is 4.98. The van der Waals surface area contributed by atoms with Gasteiger partial charge in [-0.15, -0.1) is 0 Å². The summed E-state index contributed by atoms with van der Waals surface area (Å²) in [5, 5.41) is 12.4. The maximum absolute atomic E-state index is 13.8. The first-order chi connectivity index (χ1) is 9.97. The molecular weight excluding hydrogens is 289 g/mol. The van der Waals surface area contributed by atoms with Gasteiger partial charge in [0.1, 0.15) is 5.82 Å². The van der Waals surface area contributed by atoms with Crippen molar-refractivity contribution in [1.82, 2.24) is 0 Å². The molecule has 21 heavy (non-hydrogen) atoms. The van der Waals surface area contributed by atoms with E-state index in [-0.39, 0.29) is 5.91 Å². The summed E-state index contributed by atoms with van der Waals surface area (Å²) in [6, 6.07) is 12.0. The van der Waals surface area contributed by atoms with Crippen LogP contribution in [0.2, 0.25) is 0 Å². The Morgan fingerprint density at radius 1 is 1.24 bits per heavy atom. The number of aliphatic hydroxyl groups excluding tert-OH is 1. The van der Waals surface area contributed by atoms with Gasteiger partial charge >= 0.3 is 0 Å². The van der Waals surface area contributed by atoms with Crippen molar-refractivity contribution in [2.45, 2.75) is 29.7 Å². The highest BCUT2D eigenvalue weighted by Gasteiger charge is 2.14. The molecule has 0 aliphatic rings. The summed E-state index contributed by atoms with van der Waals surface area (Å²) < 4.78 is 13.8. The van der Waals surface area contributed by atoms with Crippen LogP contribution in [-0.4, -0.2) is 11.0 Å². The van der Waals surface area contributed by atoms with Crippen LogP contribution in [0.5, 0.6) is 0 Å². The fraction of sp³-hybridized carbons (Fsp3) is 0.188. The number of carbonyl (C=O) groups is 1. The van der Waals surface area contributed by atoms with E-state index in [2.05, 4.69) is 5.32 Å². The van der Waals surface area contributed by atoms with E-state index >= 15 is 0 Å². The first-order valence-electron chi connectivity index (χ1n) is 6.49. The Hall–Kier alpha value is -1.85. The zero-order valence-corrected chi connectivity index (χ0v) is 12.6. The SMILES string of the molecule is CC(=O)Nc1ccc(Sc2cccc(F)c2[C@H](C)O)cc1. The summed E-state index contributed by atoms with van der Waals surface area (Å²) in [5.41, 5.74) is 1.01. The molecule has 5 heteroatoms. The standard InChI is InChI=1S/C16H16FNO2S/c1-10(19)16-14(17)4-3-5-15(16)21-13-8-6-12(7-9-13)18-11(2)20/h3-10,19H,1-2H3,(H,18,20)/t10-/m0/s1. The van der Waals surface area contributed by atoms with Crippen molar-refractivity contribution in [2.24, 2.45) is 0 Å². The average molecular weight is 305 g/mol. The minimum absolute atomic E-state index is 0.128. The molecule has 3 nitrogen and oxygen atoms in total. The largest absolute Gasteiger partial charge is 0.389 e. The van der Waals surface area contributed by atoms with Crippen LogP contribution in [0.15, 0.2) is 52.3 Å². The van der Waals surface area contributed by atoms with Gasteiger partial charge in [0.05, 0.1) is 6.10 Å². The normalized spacial score (nSPS) is 12.0. The highest BCUT2D eigenvalue weighted by atomic mass is 32.2. The van der Waals surface area contributed by atoms with Gasteiger partial charge in [0, 0.05) is 28.0 Å². The number of anilines is 1. The van der Waals surface area contributed by atoms with Gasteiger partial charge in [0.2, 0.25) is 5.91 Å². The van der Waals surface area contributed by atoms with Gasteiger partial charge in [0.15, 0.2) is 0 Å². The van der Waals surface area contributed by atoms with E-state index in [1.165, 1.54) is 24.8 Å². The van der Waals surface area contributed by atoms with Crippen LogP contribution in [0.4, 0.5) is 10.1 Å². The zero-order valence-electron chi connectivity index (χ0n) is 11.8. The van der Waals surface area contributed by atoms with Gasteiger partial charge in [-0.1, -0.05) is 17.8 Å². The molecule has 0 fully saturated rings. The molecule has 1 atom stereocenters. The topological polar surface area (TPSA) is 49.3 Å². The molecule has 2 rings (SSSR count). The first-order valence-corrected chi connectivity index (χ1v) is 7.31. The second-order valence-electron chi connectivity index (χ2n) is 4.64. The molecule has 110 valence electrons. The predicted octanol–water partition coefficient (Wildman–Crippen LogP) is 3.99. The highest BCUT2D eigenvalue weighted by Crippen LogP contribution is 2.35. The second-order valence-corrected chi connectivity index (χ2v) is 5.75. The molecule has 1 amide bonds. The van der Waals surface area contributed by atoms with Crippen molar-refractivity contribution in [2.75, 3.05) is 5.32 Å². The molecule has 2 aromatic carbocycles. The molecular formula is C16H16FNO2S. The smallest absolute Gasteiger partial charge is 0.221 e. The molecule has 2 aromatic rings. The fourth-order valence-electron chi connectivity index (χ4n) is 1.95. The van der Waals surface area contributed by atoms with Crippen LogP contribution in [0.1, 0.15) is 25.5 Å². The van der Waals surface area contributed by atoms with E-state index in [1.54, 1.807) is 31.2 Å². The lowest BCUT2D eigenvalue weighted by atomic mass is 10.1. The predicted molar refractivity (Wildman–Crippen MR) is 81.9 cm³/mol. The molecule has 0 radical (unpaired) electrons. The van der Waals surface area contributed by atoms with E-state index < -0.39 is 11.9 Å².